The highest BCUT2D eigenvalue weighted by atomic mass is 16.5. The highest BCUT2D eigenvalue weighted by Crippen LogP contribution is 2.11. The Labute approximate surface area is 103 Å². The number of aliphatic hydroxyl groups excluding tert-OH is 3. The minimum absolute atomic E-state index is 0.0950. The summed E-state index contributed by atoms with van der Waals surface area (Å²) >= 11 is 0. The second-order valence-electron chi connectivity index (χ2n) is 3.75. The molecule has 0 bridgehead atoms. The first-order chi connectivity index (χ1) is 8.49. The Hall–Kier alpha value is -1.48. The zero-order chi connectivity index (χ0) is 13.7. The molecule has 8 heteroatoms. The standard InChI is InChI=1S/C10H17N3O5/c1-6(18-8(5-15)7(16)4-14)13-3-2-9(11)12-10(13)17/h2-3,6-8,14-16H,4-5H2,1H3,(H2,11,12,17)/t6?,7-,8-/m1/s1. The summed E-state index contributed by atoms with van der Waals surface area (Å²) in [5.74, 6) is 0.0950. The summed E-state index contributed by atoms with van der Waals surface area (Å²) in [6.45, 7) is 0.516. The summed E-state index contributed by atoms with van der Waals surface area (Å²) in [5.41, 5.74) is 4.75. The van der Waals surface area contributed by atoms with Crippen LogP contribution in [0.2, 0.25) is 0 Å². The van der Waals surface area contributed by atoms with Crippen molar-refractivity contribution in [3.05, 3.63) is 22.7 Å². The largest absolute Gasteiger partial charge is 0.394 e. The van der Waals surface area contributed by atoms with Crippen molar-refractivity contribution < 1.29 is 20.1 Å². The highest BCUT2D eigenvalue weighted by molar-refractivity contribution is 5.23. The van der Waals surface area contributed by atoms with Gasteiger partial charge in [0.05, 0.1) is 13.2 Å². The molecule has 0 saturated heterocycles. The molecule has 8 nitrogen and oxygen atoms in total. The van der Waals surface area contributed by atoms with Crippen LogP contribution in [0.5, 0.6) is 0 Å². The Morgan fingerprint density at radius 3 is 2.67 bits per heavy atom. The molecule has 0 radical (unpaired) electrons. The van der Waals surface area contributed by atoms with Gasteiger partial charge in [-0.15, -0.1) is 0 Å². The van der Waals surface area contributed by atoms with Gasteiger partial charge in [0.15, 0.2) is 0 Å². The number of aliphatic hydroxyl groups is 3. The van der Waals surface area contributed by atoms with Gasteiger partial charge in [-0.2, -0.15) is 4.98 Å². The second-order valence-corrected chi connectivity index (χ2v) is 3.75. The Bertz CT molecular complexity index is 436. The van der Waals surface area contributed by atoms with E-state index in [-0.39, 0.29) is 5.82 Å². The van der Waals surface area contributed by atoms with E-state index in [4.69, 9.17) is 20.7 Å². The Morgan fingerprint density at radius 1 is 1.50 bits per heavy atom. The molecule has 5 N–H and O–H groups in total. The fourth-order valence-electron chi connectivity index (χ4n) is 1.39. The quantitative estimate of drug-likeness (QED) is 0.468. The van der Waals surface area contributed by atoms with Gasteiger partial charge in [-0.05, 0) is 13.0 Å². The van der Waals surface area contributed by atoms with Crippen LogP contribution in [0, 0.1) is 0 Å². The molecule has 18 heavy (non-hydrogen) atoms. The van der Waals surface area contributed by atoms with Crippen molar-refractivity contribution in [3.8, 4) is 0 Å². The molecule has 0 amide bonds. The number of hydrogen-bond acceptors (Lipinski definition) is 7. The third kappa shape index (κ3) is 3.50. The summed E-state index contributed by atoms with van der Waals surface area (Å²) in [6.07, 6.45) is -1.58. The zero-order valence-electron chi connectivity index (χ0n) is 9.93. The number of aromatic nitrogens is 2. The molecular weight excluding hydrogens is 242 g/mol. The first kappa shape index (κ1) is 14.6. The summed E-state index contributed by atoms with van der Waals surface area (Å²) in [5, 5.41) is 27.2. The van der Waals surface area contributed by atoms with Gasteiger partial charge in [-0.25, -0.2) is 4.79 Å². The van der Waals surface area contributed by atoms with Crippen LogP contribution in [0.25, 0.3) is 0 Å². The average Bonchev–Trinajstić information content (AvgIpc) is 2.34. The van der Waals surface area contributed by atoms with E-state index in [1.807, 2.05) is 0 Å². The Kier molecular flexibility index (Phi) is 5.23. The van der Waals surface area contributed by atoms with Crippen LogP contribution in [0.15, 0.2) is 17.1 Å². The maximum atomic E-state index is 11.5. The molecule has 0 fully saturated rings. The smallest absolute Gasteiger partial charge is 0.351 e. The van der Waals surface area contributed by atoms with Crippen LogP contribution in [-0.2, 0) is 4.74 Å². The molecule has 1 unspecified atom stereocenters. The predicted octanol–water partition coefficient (Wildman–Crippen LogP) is -1.93. The summed E-state index contributed by atoms with van der Waals surface area (Å²) in [4.78, 5) is 15.0. The maximum Gasteiger partial charge on any atom is 0.351 e. The lowest BCUT2D eigenvalue weighted by molar-refractivity contribution is -0.127. The maximum absolute atomic E-state index is 11.5. The van der Waals surface area contributed by atoms with Gasteiger partial charge in [-0.3, -0.25) is 4.57 Å². The fraction of sp³-hybridized carbons (Fsp3) is 0.600. The van der Waals surface area contributed by atoms with Crippen molar-refractivity contribution in [2.75, 3.05) is 18.9 Å². The number of hydrogen-bond donors (Lipinski definition) is 4. The van der Waals surface area contributed by atoms with Crippen LogP contribution in [0.1, 0.15) is 13.2 Å². The van der Waals surface area contributed by atoms with Crippen molar-refractivity contribution in [2.24, 2.45) is 0 Å². The minimum Gasteiger partial charge on any atom is -0.394 e. The molecule has 0 spiro atoms. The third-order valence-corrected chi connectivity index (χ3v) is 2.41. The highest BCUT2D eigenvalue weighted by Gasteiger charge is 2.22. The van der Waals surface area contributed by atoms with E-state index < -0.39 is 37.3 Å². The second kappa shape index (κ2) is 6.45. The first-order valence-corrected chi connectivity index (χ1v) is 5.39. The Morgan fingerprint density at radius 2 is 2.17 bits per heavy atom. The van der Waals surface area contributed by atoms with Crippen molar-refractivity contribution in [2.45, 2.75) is 25.4 Å². The predicted molar refractivity (Wildman–Crippen MR) is 62.7 cm³/mol. The fourth-order valence-corrected chi connectivity index (χ4v) is 1.39. The van der Waals surface area contributed by atoms with E-state index in [1.165, 1.54) is 12.3 Å². The molecule has 0 aliphatic carbocycles. The van der Waals surface area contributed by atoms with Gasteiger partial charge >= 0.3 is 5.69 Å². The number of nitrogens with zero attached hydrogens (tertiary/aromatic N) is 2. The van der Waals surface area contributed by atoms with Gasteiger partial charge in [0.25, 0.3) is 0 Å². The van der Waals surface area contributed by atoms with Gasteiger partial charge in [0, 0.05) is 6.20 Å². The van der Waals surface area contributed by atoms with Crippen LogP contribution in [0.4, 0.5) is 5.82 Å². The van der Waals surface area contributed by atoms with E-state index in [0.29, 0.717) is 0 Å². The van der Waals surface area contributed by atoms with E-state index >= 15 is 0 Å². The minimum atomic E-state index is -1.23. The van der Waals surface area contributed by atoms with E-state index in [1.54, 1.807) is 6.92 Å². The molecule has 3 atom stereocenters. The van der Waals surface area contributed by atoms with Crippen molar-refractivity contribution in [3.63, 3.8) is 0 Å². The summed E-state index contributed by atoms with van der Waals surface area (Å²) in [6, 6.07) is 1.43. The number of nitrogen functional groups attached to an aromatic ring is 1. The molecule has 1 heterocycles. The average molecular weight is 259 g/mol. The molecular formula is C10H17N3O5. The van der Waals surface area contributed by atoms with Crippen LogP contribution >= 0.6 is 0 Å². The van der Waals surface area contributed by atoms with Crippen molar-refractivity contribution >= 4 is 5.82 Å². The number of anilines is 1. The van der Waals surface area contributed by atoms with E-state index in [2.05, 4.69) is 4.98 Å². The molecule has 1 rings (SSSR count). The van der Waals surface area contributed by atoms with Gasteiger partial charge in [0.1, 0.15) is 24.3 Å². The van der Waals surface area contributed by atoms with Crippen molar-refractivity contribution in [1.82, 2.24) is 9.55 Å². The monoisotopic (exact) mass is 259 g/mol. The molecule has 0 aliphatic rings. The number of rotatable bonds is 6. The van der Waals surface area contributed by atoms with Crippen LogP contribution in [-0.4, -0.2) is 50.3 Å². The lowest BCUT2D eigenvalue weighted by Gasteiger charge is -2.24. The van der Waals surface area contributed by atoms with Crippen LogP contribution < -0.4 is 11.4 Å². The SMILES string of the molecule is CC(O[C@H](CO)[C@H](O)CO)n1ccc(N)nc1=O. The molecule has 0 aliphatic heterocycles. The van der Waals surface area contributed by atoms with Crippen LogP contribution in [0.3, 0.4) is 0 Å². The van der Waals surface area contributed by atoms with E-state index in [9.17, 15) is 9.90 Å². The molecule has 102 valence electrons. The molecule has 1 aromatic rings. The topological polar surface area (TPSA) is 131 Å². The number of nitrogens with two attached hydrogens (primary N) is 1. The number of ether oxygens (including phenoxy) is 1. The zero-order valence-corrected chi connectivity index (χ0v) is 9.93. The summed E-state index contributed by atoms with van der Waals surface area (Å²) < 4.78 is 6.44. The lowest BCUT2D eigenvalue weighted by atomic mass is 10.2. The normalized spacial score (nSPS) is 16.2. The summed E-state index contributed by atoms with van der Waals surface area (Å²) in [7, 11) is 0. The molecule has 0 aromatic carbocycles. The van der Waals surface area contributed by atoms with Gasteiger partial charge < -0.3 is 25.8 Å². The third-order valence-electron chi connectivity index (χ3n) is 2.41. The molecule has 0 saturated carbocycles. The lowest BCUT2D eigenvalue weighted by Crippen LogP contribution is -2.38. The molecule has 1 aromatic heterocycles. The van der Waals surface area contributed by atoms with Crippen molar-refractivity contribution in [1.29, 1.82) is 0 Å². The van der Waals surface area contributed by atoms with Gasteiger partial charge in [0.2, 0.25) is 0 Å². The first-order valence-electron chi connectivity index (χ1n) is 5.39. The van der Waals surface area contributed by atoms with Gasteiger partial charge in [-0.1, -0.05) is 0 Å². The Balaban J connectivity index is 2.81. The van der Waals surface area contributed by atoms with E-state index in [0.717, 1.165) is 4.57 Å².